The van der Waals surface area contributed by atoms with E-state index in [4.69, 9.17) is 10.2 Å². The van der Waals surface area contributed by atoms with Crippen LogP contribution >= 0.6 is 15.9 Å². The zero-order valence-corrected chi connectivity index (χ0v) is 21.8. The van der Waals surface area contributed by atoms with Crippen LogP contribution in [0.25, 0.3) is 5.65 Å². The number of allylic oxidation sites excluding steroid dienone is 1. The van der Waals surface area contributed by atoms with Gasteiger partial charge in [0.15, 0.2) is 5.65 Å². The topological polar surface area (TPSA) is 108 Å². The minimum atomic E-state index is -0.136. The Kier molecular flexibility index (Phi) is 7.57. The molecule has 0 saturated heterocycles. The molecule has 0 bridgehead atoms. The number of hydrogen-bond donors (Lipinski definition) is 2. The van der Waals surface area contributed by atoms with Crippen LogP contribution in [0.3, 0.4) is 0 Å². The van der Waals surface area contributed by atoms with Gasteiger partial charge < -0.3 is 10.6 Å². The van der Waals surface area contributed by atoms with E-state index in [1.54, 1.807) is 42.7 Å². The molecule has 1 aromatic carbocycles. The third kappa shape index (κ3) is 6.04. The summed E-state index contributed by atoms with van der Waals surface area (Å²) in [6, 6.07) is 15.0. The van der Waals surface area contributed by atoms with E-state index in [2.05, 4.69) is 48.8 Å². The molecule has 1 atom stereocenters. The van der Waals surface area contributed by atoms with Gasteiger partial charge in [-0.15, -0.1) is 0 Å². The van der Waals surface area contributed by atoms with Crippen molar-refractivity contribution in [1.82, 2.24) is 19.6 Å². The number of fused-ring (bicyclic) bond motifs is 1. The van der Waals surface area contributed by atoms with Gasteiger partial charge in [-0.1, -0.05) is 11.6 Å². The number of nitriles is 1. The number of hydrogen-bond acceptors (Lipinski definition) is 6. The number of benzene rings is 1. The quantitative estimate of drug-likeness (QED) is 0.223. The van der Waals surface area contributed by atoms with Crippen LogP contribution in [-0.4, -0.2) is 25.5 Å². The van der Waals surface area contributed by atoms with E-state index >= 15 is 0 Å². The second-order valence-electron chi connectivity index (χ2n) is 9.12. The lowest BCUT2D eigenvalue weighted by molar-refractivity contribution is -0.112. The van der Waals surface area contributed by atoms with Gasteiger partial charge in [-0.25, -0.2) is 4.98 Å². The first-order chi connectivity index (χ1) is 18.1. The number of carbonyl (C=O) groups excluding carboxylic acids is 1. The Balaban J connectivity index is 1.29. The number of amides is 1. The Morgan fingerprint density at radius 2 is 2.05 bits per heavy atom. The highest BCUT2D eigenvalue weighted by molar-refractivity contribution is 9.10. The highest BCUT2D eigenvalue weighted by Crippen LogP contribution is 2.35. The van der Waals surface area contributed by atoms with E-state index in [1.807, 2.05) is 22.8 Å². The number of anilines is 2. The van der Waals surface area contributed by atoms with Gasteiger partial charge in [-0.2, -0.15) is 14.9 Å². The summed E-state index contributed by atoms with van der Waals surface area (Å²) >= 11 is 3.59. The third-order valence-electron chi connectivity index (χ3n) is 6.54. The molecule has 0 aliphatic heterocycles. The van der Waals surface area contributed by atoms with Gasteiger partial charge in [0.25, 0.3) is 0 Å². The number of nitrogens with one attached hydrogen (secondary N) is 2. The Hall–Kier alpha value is -4.03. The number of nitrogens with zero attached hydrogens (tertiary/aromatic N) is 5. The van der Waals surface area contributed by atoms with Crippen LogP contribution in [-0.2, 0) is 11.3 Å². The number of halogens is 1. The smallest absolute Gasteiger partial charge is 0.248 e. The molecule has 1 unspecified atom stereocenters. The SMILES string of the molecule is N#Cc1ccc(NC(=O)C=C2CCCC(c3cc(NCc4cccnc4)n4ncc(Br)c4n3)CC2)cc1. The minimum Gasteiger partial charge on any atom is -0.366 e. The standard InChI is InChI=1S/C28H26BrN7O/c29-24-18-33-36-26(32-17-21-4-2-12-31-16-21)14-25(35-28(24)36)22-5-1-3-19(6-9-22)13-27(37)34-23-10-7-20(15-30)8-11-23/h2,4,7-8,10-14,16,18,22,32H,1,3,5-6,9,17H2,(H,34,37). The Labute approximate surface area is 223 Å². The van der Waals surface area contributed by atoms with Crippen molar-refractivity contribution in [2.75, 3.05) is 10.6 Å². The third-order valence-corrected chi connectivity index (χ3v) is 7.10. The lowest BCUT2D eigenvalue weighted by atomic mass is 9.96. The van der Waals surface area contributed by atoms with Crippen molar-refractivity contribution < 1.29 is 4.79 Å². The molecule has 3 heterocycles. The van der Waals surface area contributed by atoms with Crippen molar-refractivity contribution in [2.24, 2.45) is 0 Å². The molecule has 1 saturated carbocycles. The lowest BCUT2D eigenvalue weighted by Crippen LogP contribution is -2.10. The van der Waals surface area contributed by atoms with E-state index in [-0.39, 0.29) is 5.91 Å². The van der Waals surface area contributed by atoms with Gasteiger partial charge in [0.2, 0.25) is 5.91 Å². The fraction of sp³-hybridized carbons (Fsp3) is 0.250. The van der Waals surface area contributed by atoms with Crippen molar-refractivity contribution in [3.8, 4) is 6.07 Å². The minimum absolute atomic E-state index is 0.136. The largest absolute Gasteiger partial charge is 0.366 e. The van der Waals surface area contributed by atoms with Crippen molar-refractivity contribution in [2.45, 2.75) is 44.6 Å². The normalized spacial score (nSPS) is 16.8. The molecule has 5 rings (SSSR count). The monoisotopic (exact) mass is 555 g/mol. The molecule has 186 valence electrons. The summed E-state index contributed by atoms with van der Waals surface area (Å²) in [6.07, 6.45) is 11.8. The summed E-state index contributed by atoms with van der Waals surface area (Å²) in [5.41, 5.74) is 5.30. The number of rotatable bonds is 6. The molecule has 37 heavy (non-hydrogen) atoms. The molecule has 1 fully saturated rings. The van der Waals surface area contributed by atoms with Crippen LogP contribution < -0.4 is 10.6 Å². The zero-order chi connectivity index (χ0) is 25.6. The fourth-order valence-corrected chi connectivity index (χ4v) is 4.97. The Morgan fingerprint density at radius 3 is 2.84 bits per heavy atom. The second-order valence-corrected chi connectivity index (χ2v) is 9.97. The van der Waals surface area contributed by atoms with Crippen LogP contribution in [0, 0.1) is 11.3 Å². The van der Waals surface area contributed by atoms with Gasteiger partial charge in [0.05, 0.1) is 22.3 Å². The highest BCUT2D eigenvalue weighted by Gasteiger charge is 2.21. The zero-order valence-electron chi connectivity index (χ0n) is 20.2. The molecule has 1 amide bonds. The van der Waals surface area contributed by atoms with E-state index in [0.717, 1.165) is 64.9 Å². The van der Waals surface area contributed by atoms with E-state index in [9.17, 15) is 4.79 Å². The molecule has 4 aromatic rings. The average Bonchev–Trinajstić information content (AvgIpc) is 3.14. The summed E-state index contributed by atoms with van der Waals surface area (Å²) in [7, 11) is 0. The molecule has 9 heteroatoms. The molecular weight excluding hydrogens is 530 g/mol. The van der Waals surface area contributed by atoms with Crippen LogP contribution in [0.1, 0.15) is 54.8 Å². The first-order valence-electron chi connectivity index (χ1n) is 12.3. The number of aromatic nitrogens is 4. The number of carbonyl (C=O) groups is 1. The highest BCUT2D eigenvalue weighted by atomic mass is 79.9. The Bertz CT molecular complexity index is 1470. The molecule has 2 N–H and O–H groups in total. The Morgan fingerprint density at radius 1 is 1.19 bits per heavy atom. The molecule has 0 spiro atoms. The summed E-state index contributed by atoms with van der Waals surface area (Å²) in [5, 5.41) is 19.8. The predicted molar refractivity (Wildman–Crippen MR) is 146 cm³/mol. The van der Waals surface area contributed by atoms with Gasteiger partial charge in [0.1, 0.15) is 5.82 Å². The van der Waals surface area contributed by atoms with Crippen LogP contribution in [0.4, 0.5) is 11.5 Å². The van der Waals surface area contributed by atoms with Crippen LogP contribution in [0.2, 0.25) is 0 Å². The summed E-state index contributed by atoms with van der Waals surface area (Å²) in [5.74, 6) is 1.04. The first kappa shape index (κ1) is 24.7. The number of pyridine rings is 1. The maximum atomic E-state index is 12.6. The maximum Gasteiger partial charge on any atom is 0.248 e. The summed E-state index contributed by atoms with van der Waals surface area (Å²) < 4.78 is 2.67. The lowest BCUT2D eigenvalue weighted by Gasteiger charge is -2.16. The van der Waals surface area contributed by atoms with Crippen molar-refractivity contribution >= 4 is 39.0 Å². The first-order valence-corrected chi connectivity index (χ1v) is 13.1. The van der Waals surface area contributed by atoms with Crippen molar-refractivity contribution in [3.63, 3.8) is 0 Å². The molecular formula is C28H26BrN7O. The van der Waals surface area contributed by atoms with Crippen molar-refractivity contribution in [3.05, 3.63) is 94.0 Å². The second kappa shape index (κ2) is 11.4. The van der Waals surface area contributed by atoms with Gasteiger partial charge >= 0.3 is 0 Å². The van der Waals surface area contributed by atoms with Gasteiger partial charge in [0, 0.05) is 48.4 Å². The van der Waals surface area contributed by atoms with E-state index < -0.39 is 0 Å². The van der Waals surface area contributed by atoms with Crippen LogP contribution in [0.5, 0.6) is 0 Å². The van der Waals surface area contributed by atoms with Crippen molar-refractivity contribution in [1.29, 1.82) is 5.26 Å². The molecule has 8 nitrogen and oxygen atoms in total. The van der Waals surface area contributed by atoms with Gasteiger partial charge in [-0.05, 0) is 83.9 Å². The summed E-state index contributed by atoms with van der Waals surface area (Å²) in [6.45, 7) is 0.635. The summed E-state index contributed by atoms with van der Waals surface area (Å²) in [4.78, 5) is 21.7. The van der Waals surface area contributed by atoms with E-state index in [1.165, 1.54) is 0 Å². The average molecular weight is 556 g/mol. The molecule has 0 radical (unpaired) electrons. The predicted octanol–water partition coefficient (Wildman–Crippen LogP) is 5.98. The maximum absolute atomic E-state index is 12.6. The molecule has 1 aliphatic rings. The van der Waals surface area contributed by atoms with Crippen LogP contribution in [0.15, 0.2) is 77.2 Å². The molecule has 1 aliphatic carbocycles. The van der Waals surface area contributed by atoms with E-state index in [0.29, 0.717) is 23.7 Å². The fourth-order valence-electron chi connectivity index (χ4n) is 4.62. The molecule has 3 aromatic heterocycles. The van der Waals surface area contributed by atoms with Gasteiger partial charge in [-0.3, -0.25) is 9.78 Å².